The van der Waals surface area contributed by atoms with E-state index in [-0.39, 0.29) is 6.04 Å². The van der Waals surface area contributed by atoms with Gasteiger partial charge in [0.1, 0.15) is 0 Å². The minimum absolute atomic E-state index is 0.380. The normalized spacial score (nSPS) is 13.6. The first-order valence-electron chi connectivity index (χ1n) is 6.23. The SMILES string of the molecule is C[C@H](NC(=O)[C@H](O)c1ccccc1)c1ncccc1Cl. The summed E-state index contributed by atoms with van der Waals surface area (Å²) >= 11 is 6.02. The molecule has 0 saturated heterocycles. The molecule has 0 fully saturated rings. The highest BCUT2D eigenvalue weighted by Crippen LogP contribution is 2.21. The minimum atomic E-state index is -1.21. The van der Waals surface area contributed by atoms with Crippen molar-refractivity contribution < 1.29 is 9.90 Å². The second-order valence-corrected chi connectivity index (χ2v) is 4.82. The molecule has 2 aromatic rings. The second-order valence-electron chi connectivity index (χ2n) is 4.41. The molecule has 2 N–H and O–H groups in total. The minimum Gasteiger partial charge on any atom is -0.378 e. The van der Waals surface area contributed by atoms with Crippen molar-refractivity contribution in [3.8, 4) is 0 Å². The summed E-state index contributed by atoms with van der Waals surface area (Å²) in [5.41, 5.74) is 1.12. The van der Waals surface area contributed by atoms with Crippen molar-refractivity contribution in [1.82, 2.24) is 10.3 Å². The molecule has 0 aliphatic carbocycles. The third-order valence-corrected chi connectivity index (χ3v) is 3.24. The number of benzene rings is 1. The van der Waals surface area contributed by atoms with E-state index in [4.69, 9.17) is 11.6 Å². The average molecular weight is 291 g/mol. The molecule has 5 heteroatoms. The van der Waals surface area contributed by atoms with Crippen LogP contribution >= 0.6 is 11.6 Å². The topological polar surface area (TPSA) is 62.2 Å². The van der Waals surface area contributed by atoms with Gasteiger partial charge in [0.25, 0.3) is 5.91 Å². The number of hydrogen-bond donors (Lipinski definition) is 2. The molecule has 0 unspecified atom stereocenters. The van der Waals surface area contributed by atoms with Crippen LogP contribution in [0.25, 0.3) is 0 Å². The molecule has 1 aromatic heterocycles. The molecule has 1 heterocycles. The largest absolute Gasteiger partial charge is 0.378 e. The smallest absolute Gasteiger partial charge is 0.253 e. The monoisotopic (exact) mass is 290 g/mol. The van der Waals surface area contributed by atoms with E-state index in [9.17, 15) is 9.90 Å². The highest BCUT2D eigenvalue weighted by atomic mass is 35.5. The van der Waals surface area contributed by atoms with Crippen molar-refractivity contribution in [3.63, 3.8) is 0 Å². The van der Waals surface area contributed by atoms with E-state index in [1.807, 2.05) is 6.07 Å². The molecular formula is C15H15ClN2O2. The van der Waals surface area contributed by atoms with Gasteiger partial charge in [0.2, 0.25) is 0 Å². The van der Waals surface area contributed by atoms with Gasteiger partial charge in [-0.25, -0.2) is 0 Å². The first-order chi connectivity index (χ1) is 9.59. The summed E-state index contributed by atoms with van der Waals surface area (Å²) in [6.07, 6.45) is 0.401. The Hall–Kier alpha value is -1.91. The maximum Gasteiger partial charge on any atom is 0.253 e. The molecule has 0 aliphatic heterocycles. The Morgan fingerprint density at radius 3 is 2.60 bits per heavy atom. The van der Waals surface area contributed by atoms with Gasteiger partial charge >= 0.3 is 0 Å². The van der Waals surface area contributed by atoms with Crippen molar-refractivity contribution in [2.24, 2.45) is 0 Å². The maximum absolute atomic E-state index is 12.0. The van der Waals surface area contributed by atoms with Gasteiger partial charge < -0.3 is 10.4 Å². The Morgan fingerprint density at radius 1 is 1.25 bits per heavy atom. The number of aliphatic hydroxyl groups excluding tert-OH is 1. The van der Waals surface area contributed by atoms with Gasteiger partial charge in [-0.1, -0.05) is 41.9 Å². The lowest BCUT2D eigenvalue weighted by Gasteiger charge is -2.17. The Balaban J connectivity index is 2.07. The van der Waals surface area contributed by atoms with Crippen LogP contribution in [0.1, 0.15) is 30.3 Å². The van der Waals surface area contributed by atoms with Crippen molar-refractivity contribution >= 4 is 17.5 Å². The van der Waals surface area contributed by atoms with E-state index < -0.39 is 12.0 Å². The number of hydrogen-bond acceptors (Lipinski definition) is 3. The first kappa shape index (κ1) is 14.5. The van der Waals surface area contributed by atoms with E-state index in [1.165, 1.54) is 0 Å². The molecule has 2 rings (SSSR count). The first-order valence-corrected chi connectivity index (χ1v) is 6.61. The number of carbonyl (C=O) groups is 1. The van der Waals surface area contributed by atoms with Gasteiger partial charge in [-0.15, -0.1) is 0 Å². The van der Waals surface area contributed by atoms with Crippen LogP contribution in [0.4, 0.5) is 0 Å². The number of aliphatic hydroxyl groups is 1. The predicted octanol–water partition coefficient (Wildman–Crippen LogP) is 2.65. The second kappa shape index (κ2) is 6.50. The van der Waals surface area contributed by atoms with Gasteiger partial charge in [0, 0.05) is 6.20 Å². The fourth-order valence-corrected chi connectivity index (χ4v) is 2.15. The highest BCUT2D eigenvalue weighted by Gasteiger charge is 2.20. The van der Waals surface area contributed by atoms with E-state index in [0.717, 1.165) is 0 Å². The average Bonchev–Trinajstić information content (AvgIpc) is 2.47. The molecule has 1 amide bonds. The zero-order valence-electron chi connectivity index (χ0n) is 11.0. The van der Waals surface area contributed by atoms with Gasteiger partial charge in [-0.05, 0) is 24.6 Å². The predicted molar refractivity (Wildman–Crippen MR) is 77.2 cm³/mol. The Morgan fingerprint density at radius 2 is 1.95 bits per heavy atom. The zero-order chi connectivity index (χ0) is 14.5. The van der Waals surface area contributed by atoms with E-state index in [0.29, 0.717) is 16.3 Å². The van der Waals surface area contributed by atoms with Gasteiger partial charge in [-0.3, -0.25) is 9.78 Å². The number of nitrogens with one attached hydrogen (secondary N) is 1. The summed E-state index contributed by atoms with van der Waals surface area (Å²) in [6.45, 7) is 1.77. The molecule has 0 aliphatic rings. The molecule has 0 bridgehead atoms. The fourth-order valence-electron chi connectivity index (χ4n) is 1.86. The standard InChI is InChI=1S/C15H15ClN2O2/c1-10(13-12(16)8-5-9-17-13)18-15(20)14(19)11-6-3-2-4-7-11/h2-10,14,19H,1H3,(H,18,20)/t10-,14+/m0/s1. The number of pyridine rings is 1. The number of carbonyl (C=O) groups excluding carboxylic acids is 1. The highest BCUT2D eigenvalue weighted by molar-refractivity contribution is 6.31. The lowest BCUT2D eigenvalue weighted by Crippen LogP contribution is -2.32. The van der Waals surface area contributed by atoms with Gasteiger partial charge in [-0.2, -0.15) is 0 Å². The van der Waals surface area contributed by atoms with E-state index >= 15 is 0 Å². The van der Waals surface area contributed by atoms with Crippen molar-refractivity contribution in [2.75, 3.05) is 0 Å². The van der Waals surface area contributed by atoms with Crippen LogP contribution in [0.5, 0.6) is 0 Å². The molecule has 104 valence electrons. The molecule has 0 radical (unpaired) electrons. The maximum atomic E-state index is 12.0. The lowest BCUT2D eigenvalue weighted by atomic mass is 10.1. The van der Waals surface area contributed by atoms with Gasteiger partial charge in [0.05, 0.1) is 16.8 Å². The third-order valence-electron chi connectivity index (χ3n) is 2.92. The Bertz CT molecular complexity index is 589. The fraction of sp³-hybridized carbons (Fsp3) is 0.200. The van der Waals surface area contributed by atoms with Crippen LogP contribution in [-0.4, -0.2) is 16.0 Å². The molecule has 0 spiro atoms. The van der Waals surface area contributed by atoms with Crippen LogP contribution in [0.15, 0.2) is 48.7 Å². The molecule has 1 aromatic carbocycles. The Kier molecular flexibility index (Phi) is 4.71. The quantitative estimate of drug-likeness (QED) is 0.910. The summed E-state index contributed by atoms with van der Waals surface area (Å²) in [5, 5.41) is 13.2. The van der Waals surface area contributed by atoms with Crippen LogP contribution in [0.2, 0.25) is 5.02 Å². The van der Waals surface area contributed by atoms with Crippen molar-refractivity contribution in [3.05, 3.63) is 64.9 Å². The number of halogens is 1. The molecular weight excluding hydrogens is 276 g/mol. The lowest BCUT2D eigenvalue weighted by molar-refractivity contribution is -0.130. The third kappa shape index (κ3) is 3.35. The molecule has 4 nitrogen and oxygen atoms in total. The summed E-state index contributed by atoms with van der Waals surface area (Å²) < 4.78 is 0. The van der Waals surface area contributed by atoms with Crippen molar-refractivity contribution in [2.45, 2.75) is 19.1 Å². The summed E-state index contributed by atoms with van der Waals surface area (Å²) in [6, 6.07) is 11.8. The number of amides is 1. The van der Waals surface area contributed by atoms with Crippen molar-refractivity contribution in [1.29, 1.82) is 0 Å². The van der Waals surface area contributed by atoms with E-state index in [1.54, 1.807) is 49.5 Å². The number of nitrogens with zero attached hydrogens (tertiary/aromatic N) is 1. The summed E-state index contributed by atoms with van der Waals surface area (Å²) in [4.78, 5) is 16.1. The number of rotatable bonds is 4. The van der Waals surface area contributed by atoms with Crippen LogP contribution in [0, 0.1) is 0 Å². The molecule has 0 saturated carbocycles. The van der Waals surface area contributed by atoms with Crippen LogP contribution in [-0.2, 0) is 4.79 Å². The summed E-state index contributed by atoms with van der Waals surface area (Å²) in [7, 11) is 0. The van der Waals surface area contributed by atoms with E-state index in [2.05, 4.69) is 10.3 Å². The Labute approximate surface area is 122 Å². The molecule has 2 atom stereocenters. The molecule has 20 heavy (non-hydrogen) atoms. The summed E-state index contributed by atoms with van der Waals surface area (Å²) in [5.74, 6) is -0.481. The number of aromatic nitrogens is 1. The van der Waals surface area contributed by atoms with Crippen LogP contribution in [0.3, 0.4) is 0 Å². The zero-order valence-corrected chi connectivity index (χ0v) is 11.7. The van der Waals surface area contributed by atoms with Gasteiger partial charge in [0.15, 0.2) is 6.10 Å². The van der Waals surface area contributed by atoms with Crippen LogP contribution < -0.4 is 5.32 Å².